The van der Waals surface area contributed by atoms with E-state index in [-0.39, 0.29) is 38.1 Å². The highest BCUT2D eigenvalue weighted by Gasteiger charge is 2.40. The summed E-state index contributed by atoms with van der Waals surface area (Å²) in [6, 6.07) is -4.35. The summed E-state index contributed by atoms with van der Waals surface area (Å²) >= 11 is 0. The Morgan fingerprint density at radius 3 is 2.12 bits per heavy atom. The van der Waals surface area contributed by atoms with Gasteiger partial charge >= 0.3 is 5.97 Å². The van der Waals surface area contributed by atoms with E-state index in [1.165, 1.54) is 4.90 Å². The zero-order valence-corrected chi connectivity index (χ0v) is 19.6. The topological polar surface area (TPSA) is 228 Å². The fourth-order valence-electron chi connectivity index (χ4n) is 3.67. The van der Waals surface area contributed by atoms with E-state index in [4.69, 9.17) is 17.2 Å². The lowest BCUT2D eigenvalue weighted by molar-refractivity contribution is -0.150. The Hall–Kier alpha value is -3.22. The van der Waals surface area contributed by atoms with Gasteiger partial charge in [0, 0.05) is 19.4 Å². The SMILES string of the molecule is CCC(C)C(NC(=O)C(CCC(N)=O)NC(=O)C(N)CCC(N)=O)C(=O)N1CCCC1C(=O)O. The fourth-order valence-corrected chi connectivity index (χ4v) is 3.67. The highest BCUT2D eigenvalue weighted by molar-refractivity contribution is 5.94. The summed E-state index contributed by atoms with van der Waals surface area (Å²) in [6.45, 7) is 3.82. The van der Waals surface area contributed by atoms with E-state index >= 15 is 0 Å². The number of nitrogens with one attached hydrogen (secondary N) is 2. The molecule has 0 aromatic carbocycles. The summed E-state index contributed by atoms with van der Waals surface area (Å²) in [5.74, 6) is -4.77. The van der Waals surface area contributed by atoms with Crippen LogP contribution in [0.25, 0.3) is 0 Å². The lowest BCUT2D eigenvalue weighted by Crippen LogP contribution is -2.58. The largest absolute Gasteiger partial charge is 0.480 e. The molecule has 0 aliphatic carbocycles. The molecule has 5 atom stereocenters. The number of primary amides is 2. The van der Waals surface area contributed by atoms with Crippen molar-refractivity contribution in [3.63, 3.8) is 0 Å². The number of nitrogens with zero attached hydrogens (tertiary/aromatic N) is 1. The number of hydrogen-bond donors (Lipinski definition) is 6. The van der Waals surface area contributed by atoms with Crippen LogP contribution in [0.5, 0.6) is 0 Å². The van der Waals surface area contributed by atoms with Crippen LogP contribution in [0.2, 0.25) is 0 Å². The molecule has 5 unspecified atom stereocenters. The third-order valence-electron chi connectivity index (χ3n) is 5.95. The molecule has 0 aromatic heterocycles. The zero-order valence-electron chi connectivity index (χ0n) is 19.6. The van der Waals surface area contributed by atoms with Crippen LogP contribution < -0.4 is 27.8 Å². The number of carbonyl (C=O) groups is 6. The monoisotopic (exact) mass is 484 g/mol. The molecule has 1 rings (SSSR count). The standard InChI is InChI=1S/C21H36N6O7/c1-3-11(2)17(20(32)27-10-4-5-14(27)21(33)34)26-19(31)13(7-9-16(24)29)25-18(30)12(22)6-8-15(23)28/h11-14,17H,3-10,22H2,1-2H3,(H2,23,28)(H2,24,29)(H,25,30)(H,26,31)(H,33,34). The molecule has 0 radical (unpaired) electrons. The van der Waals surface area contributed by atoms with Gasteiger partial charge in [-0.2, -0.15) is 0 Å². The van der Waals surface area contributed by atoms with Crippen LogP contribution in [0.3, 0.4) is 0 Å². The van der Waals surface area contributed by atoms with E-state index in [2.05, 4.69) is 10.6 Å². The molecule has 5 amide bonds. The first kappa shape index (κ1) is 28.8. The van der Waals surface area contributed by atoms with Crippen molar-refractivity contribution in [3.05, 3.63) is 0 Å². The van der Waals surface area contributed by atoms with Crippen LogP contribution >= 0.6 is 0 Å². The van der Waals surface area contributed by atoms with Gasteiger partial charge in [-0.05, 0) is 31.6 Å². The predicted molar refractivity (Wildman–Crippen MR) is 121 cm³/mol. The maximum absolute atomic E-state index is 13.2. The Balaban J connectivity index is 3.02. The van der Waals surface area contributed by atoms with Crippen LogP contribution in [-0.2, 0) is 28.8 Å². The van der Waals surface area contributed by atoms with Gasteiger partial charge in [0.1, 0.15) is 18.1 Å². The third-order valence-corrected chi connectivity index (χ3v) is 5.95. The van der Waals surface area contributed by atoms with Crippen LogP contribution in [0, 0.1) is 5.92 Å². The van der Waals surface area contributed by atoms with Gasteiger partial charge in [-0.25, -0.2) is 4.79 Å². The molecule has 9 N–H and O–H groups in total. The van der Waals surface area contributed by atoms with Gasteiger partial charge in [-0.15, -0.1) is 0 Å². The van der Waals surface area contributed by atoms with Gasteiger partial charge in [0.05, 0.1) is 6.04 Å². The maximum Gasteiger partial charge on any atom is 0.326 e. The Kier molecular flexibility index (Phi) is 11.4. The minimum Gasteiger partial charge on any atom is -0.480 e. The Morgan fingerprint density at radius 1 is 1.00 bits per heavy atom. The first-order chi connectivity index (χ1) is 15.9. The van der Waals surface area contributed by atoms with Crippen LogP contribution in [-0.4, -0.2) is 76.2 Å². The van der Waals surface area contributed by atoms with Crippen molar-refractivity contribution in [3.8, 4) is 0 Å². The Morgan fingerprint density at radius 2 is 1.59 bits per heavy atom. The normalized spacial score (nSPS) is 18.9. The molecule has 1 aliphatic rings. The number of likely N-dealkylation sites (tertiary alicyclic amines) is 1. The van der Waals surface area contributed by atoms with Crippen molar-refractivity contribution in [2.24, 2.45) is 23.1 Å². The highest BCUT2D eigenvalue weighted by Crippen LogP contribution is 2.21. The summed E-state index contributed by atoms with van der Waals surface area (Å²) in [7, 11) is 0. The molecule has 0 spiro atoms. The number of aliphatic carboxylic acids is 1. The average molecular weight is 485 g/mol. The summed E-state index contributed by atoms with van der Waals surface area (Å²) in [4.78, 5) is 73.7. The maximum atomic E-state index is 13.2. The number of nitrogens with two attached hydrogens (primary N) is 3. The van der Waals surface area contributed by atoms with Crippen molar-refractivity contribution < 1.29 is 33.9 Å². The molecular weight excluding hydrogens is 448 g/mol. The number of carboxylic acid groups (broad SMARTS) is 1. The molecule has 34 heavy (non-hydrogen) atoms. The number of carbonyl (C=O) groups excluding carboxylic acids is 5. The first-order valence-corrected chi connectivity index (χ1v) is 11.3. The van der Waals surface area contributed by atoms with Gasteiger partial charge in [-0.3, -0.25) is 24.0 Å². The lowest BCUT2D eigenvalue weighted by atomic mass is 9.96. The molecule has 192 valence electrons. The van der Waals surface area contributed by atoms with E-state index in [0.29, 0.717) is 19.3 Å². The minimum atomic E-state index is -1.23. The van der Waals surface area contributed by atoms with Crippen LogP contribution in [0.15, 0.2) is 0 Å². The second kappa shape index (κ2) is 13.5. The van der Waals surface area contributed by atoms with E-state index in [0.717, 1.165) is 0 Å². The van der Waals surface area contributed by atoms with Crippen molar-refractivity contribution in [1.29, 1.82) is 0 Å². The van der Waals surface area contributed by atoms with Gasteiger partial charge in [-0.1, -0.05) is 20.3 Å². The summed E-state index contributed by atoms with van der Waals surface area (Å²) in [5.41, 5.74) is 16.0. The minimum absolute atomic E-state index is 0.0369. The lowest BCUT2D eigenvalue weighted by Gasteiger charge is -2.31. The summed E-state index contributed by atoms with van der Waals surface area (Å²) in [6.07, 6.45) is 0.844. The van der Waals surface area contributed by atoms with E-state index in [9.17, 15) is 33.9 Å². The van der Waals surface area contributed by atoms with Gasteiger partial charge in [0.15, 0.2) is 0 Å². The molecule has 13 heteroatoms. The number of amides is 5. The summed E-state index contributed by atoms with van der Waals surface area (Å²) < 4.78 is 0. The van der Waals surface area contributed by atoms with Crippen molar-refractivity contribution >= 4 is 35.5 Å². The molecule has 1 aliphatic heterocycles. The Labute approximate surface area is 198 Å². The predicted octanol–water partition coefficient (Wildman–Crippen LogP) is -2.06. The van der Waals surface area contributed by atoms with Crippen LogP contribution in [0.4, 0.5) is 0 Å². The fraction of sp³-hybridized carbons (Fsp3) is 0.714. The number of hydrogen-bond acceptors (Lipinski definition) is 7. The van der Waals surface area contributed by atoms with E-state index in [1.807, 2.05) is 6.92 Å². The molecule has 1 heterocycles. The second-order valence-corrected chi connectivity index (χ2v) is 8.58. The van der Waals surface area contributed by atoms with Crippen molar-refractivity contribution in [2.45, 2.75) is 83.0 Å². The first-order valence-electron chi connectivity index (χ1n) is 11.3. The summed E-state index contributed by atoms with van der Waals surface area (Å²) in [5, 5.41) is 14.5. The van der Waals surface area contributed by atoms with Crippen molar-refractivity contribution in [1.82, 2.24) is 15.5 Å². The highest BCUT2D eigenvalue weighted by atomic mass is 16.4. The second-order valence-electron chi connectivity index (χ2n) is 8.58. The molecule has 13 nitrogen and oxygen atoms in total. The van der Waals surface area contributed by atoms with E-state index < -0.39 is 59.7 Å². The van der Waals surface area contributed by atoms with Crippen molar-refractivity contribution in [2.75, 3.05) is 6.54 Å². The van der Waals surface area contributed by atoms with Gasteiger partial charge in [0.2, 0.25) is 29.5 Å². The number of rotatable bonds is 14. The van der Waals surface area contributed by atoms with E-state index in [1.54, 1.807) is 6.92 Å². The molecule has 1 fully saturated rings. The van der Waals surface area contributed by atoms with Gasteiger partial charge < -0.3 is 37.8 Å². The molecule has 0 bridgehead atoms. The van der Waals surface area contributed by atoms with Crippen LogP contribution in [0.1, 0.15) is 58.8 Å². The molecule has 0 aromatic rings. The zero-order chi connectivity index (χ0) is 26.0. The third kappa shape index (κ3) is 8.61. The molecular formula is C21H36N6O7. The smallest absolute Gasteiger partial charge is 0.326 e. The average Bonchev–Trinajstić information content (AvgIpc) is 3.27. The number of carboxylic acids is 1. The Bertz CT molecular complexity index is 790. The van der Waals surface area contributed by atoms with Gasteiger partial charge in [0.25, 0.3) is 0 Å². The molecule has 0 saturated carbocycles. The quantitative estimate of drug-likeness (QED) is 0.160. The molecule has 1 saturated heterocycles.